The molecule has 1 amide bonds. The van der Waals surface area contributed by atoms with Crippen molar-refractivity contribution in [2.75, 3.05) is 29.6 Å². The monoisotopic (exact) mass is 476 g/mol. The number of hydrogen-bond donors (Lipinski definition) is 0. The Bertz CT molecular complexity index is 888. The van der Waals surface area contributed by atoms with Gasteiger partial charge in [-0.2, -0.15) is 4.99 Å². The summed E-state index contributed by atoms with van der Waals surface area (Å²) in [6.45, 7) is 6.11. The topological polar surface area (TPSA) is 85.3 Å². The number of thioether (sulfide) groups is 1. The number of anilines is 1. The zero-order chi connectivity index (χ0) is 19.8. The summed E-state index contributed by atoms with van der Waals surface area (Å²) in [6, 6.07) is 3.33. The average Bonchev–Trinajstić information content (AvgIpc) is 3.01. The number of rotatable bonds is 5. The minimum Gasteiger partial charge on any atom is -0.490 e. The van der Waals surface area contributed by atoms with Gasteiger partial charge in [0.25, 0.3) is 0 Å². The molecule has 1 aromatic rings. The second kappa shape index (κ2) is 8.00. The predicted octanol–water partition coefficient (Wildman–Crippen LogP) is 2.87. The molecular formula is C17H21BrN2O5S2. The Hall–Kier alpha value is -1.26. The van der Waals surface area contributed by atoms with Crippen molar-refractivity contribution in [1.29, 1.82) is 0 Å². The van der Waals surface area contributed by atoms with Crippen LogP contribution in [0, 0.1) is 0 Å². The van der Waals surface area contributed by atoms with Crippen LogP contribution < -0.4 is 14.4 Å². The summed E-state index contributed by atoms with van der Waals surface area (Å²) in [5.74, 6) is 0.961. The third-order valence-electron chi connectivity index (χ3n) is 4.19. The summed E-state index contributed by atoms with van der Waals surface area (Å²) < 4.78 is 36.3. The smallest absolute Gasteiger partial charge is 0.244 e. The maximum absolute atomic E-state index is 12.1. The van der Waals surface area contributed by atoms with Crippen LogP contribution in [0.15, 0.2) is 21.6 Å². The number of fused-ring (bicyclic) bond motifs is 1. The quantitative estimate of drug-likeness (QED) is 0.645. The lowest BCUT2D eigenvalue weighted by Crippen LogP contribution is -2.38. The Kier molecular flexibility index (Phi) is 6.07. The van der Waals surface area contributed by atoms with Crippen molar-refractivity contribution in [1.82, 2.24) is 0 Å². The van der Waals surface area contributed by atoms with Gasteiger partial charge < -0.3 is 14.4 Å². The van der Waals surface area contributed by atoms with Gasteiger partial charge in [-0.05, 0) is 29.8 Å². The summed E-state index contributed by atoms with van der Waals surface area (Å²) >= 11 is 4.90. The van der Waals surface area contributed by atoms with Crippen LogP contribution in [0.3, 0.4) is 0 Å². The van der Waals surface area contributed by atoms with Gasteiger partial charge in [0, 0.05) is 28.8 Å². The van der Waals surface area contributed by atoms with Gasteiger partial charge in [-0.15, -0.1) is 0 Å². The molecule has 0 N–H and O–H groups in total. The molecule has 0 aliphatic carbocycles. The maximum Gasteiger partial charge on any atom is 0.244 e. The summed E-state index contributed by atoms with van der Waals surface area (Å²) in [5, 5.41) is 0.363. The zero-order valence-electron chi connectivity index (χ0n) is 15.3. The Morgan fingerprint density at radius 1 is 1.26 bits per heavy atom. The van der Waals surface area contributed by atoms with E-state index < -0.39 is 9.84 Å². The number of ether oxygens (including phenoxy) is 2. The SMILES string of the molecule is CCOc1cc(Br)c(N2C(=NC(C)=O)S[C@@H]3CS(=O)(=O)C[C@H]32)cc1OCC. The number of hydrogen-bond acceptors (Lipinski definition) is 6. The molecule has 27 heavy (non-hydrogen) atoms. The van der Waals surface area contributed by atoms with E-state index in [4.69, 9.17) is 9.47 Å². The first-order chi connectivity index (χ1) is 12.8. The third-order valence-corrected chi connectivity index (χ3v) is 8.04. The van der Waals surface area contributed by atoms with E-state index in [0.717, 1.165) is 4.47 Å². The van der Waals surface area contributed by atoms with Crippen LogP contribution >= 0.6 is 27.7 Å². The van der Waals surface area contributed by atoms with Crippen LogP contribution in [0.25, 0.3) is 0 Å². The summed E-state index contributed by atoms with van der Waals surface area (Å²) in [7, 11) is -3.12. The number of amidine groups is 1. The van der Waals surface area contributed by atoms with E-state index in [9.17, 15) is 13.2 Å². The fourth-order valence-corrected chi connectivity index (χ4v) is 7.69. The molecule has 0 spiro atoms. The largest absolute Gasteiger partial charge is 0.490 e. The highest BCUT2D eigenvalue weighted by atomic mass is 79.9. The molecule has 2 atom stereocenters. The molecule has 0 unspecified atom stereocenters. The summed E-state index contributed by atoms with van der Waals surface area (Å²) in [5.41, 5.74) is 0.707. The molecular weight excluding hydrogens is 456 g/mol. The number of sulfone groups is 1. The van der Waals surface area contributed by atoms with Crippen molar-refractivity contribution in [2.24, 2.45) is 4.99 Å². The molecule has 1 aromatic carbocycles. The van der Waals surface area contributed by atoms with Gasteiger partial charge >= 0.3 is 0 Å². The molecule has 2 aliphatic rings. The lowest BCUT2D eigenvalue weighted by Gasteiger charge is -2.26. The zero-order valence-corrected chi connectivity index (χ0v) is 18.5. The number of nitrogens with zero attached hydrogens (tertiary/aromatic N) is 2. The lowest BCUT2D eigenvalue weighted by atomic mass is 10.2. The summed E-state index contributed by atoms with van der Waals surface area (Å²) in [4.78, 5) is 17.6. The van der Waals surface area contributed by atoms with Crippen LogP contribution in [0.2, 0.25) is 0 Å². The Morgan fingerprint density at radius 2 is 1.89 bits per heavy atom. The van der Waals surface area contributed by atoms with Crippen LogP contribution in [0.1, 0.15) is 20.8 Å². The van der Waals surface area contributed by atoms with Gasteiger partial charge in [0.1, 0.15) is 0 Å². The second-order valence-electron chi connectivity index (χ2n) is 6.20. The maximum atomic E-state index is 12.1. The van der Waals surface area contributed by atoms with E-state index in [1.165, 1.54) is 18.7 Å². The van der Waals surface area contributed by atoms with Crippen molar-refractivity contribution in [3.63, 3.8) is 0 Å². The standard InChI is InChI=1S/C17H21BrN2O5S2/c1-4-24-14-6-11(18)12(7-15(14)25-5-2)20-13-8-27(22,23)9-16(13)26-17(20)19-10(3)21/h6-7,13,16H,4-5,8-9H2,1-3H3/t13-,16-/m1/s1. The number of amides is 1. The fourth-order valence-electron chi connectivity index (χ4n) is 3.23. The molecule has 3 rings (SSSR count). The second-order valence-corrected chi connectivity index (χ2v) is 10.4. The molecule has 2 saturated heterocycles. The van der Waals surface area contributed by atoms with E-state index in [1.54, 1.807) is 6.07 Å². The van der Waals surface area contributed by atoms with Crippen molar-refractivity contribution in [3.8, 4) is 11.5 Å². The first-order valence-corrected chi connectivity index (χ1v) is 12.1. The molecule has 148 valence electrons. The summed E-state index contributed by atoms with van der Waals surface area (Å²) in [6.07, 6.45) is 0. The van der Waals surface area contributed by atoms with Gasteiger partial charge in [0.15, 0.2) is 26.5 Å². The van der Waals surface area contributed by atoms with Crippen molar-refractivity contribution in [2.45, 2.75) is 32.1 Å². The molecule has 0 radical (unpaired) electrons. The van der Waals surface area contributed by atoms with Crippen molar-refractivity contribution < 1.29 is 22.7 Å². The van der Waals surface area contributed by atoms with Crippen LogP contribution in [0.4, 0.5) is 5.69 Å². The first-order valence-electron chi connectivity index (χ1n) is 8.60. The van der Waals surface area contributed by atoms with E-state index in [2.05, 4.69) is 20.9 Å². The van der Waals surface area contributed by atoms with Gasteiger partial charge in [0.05, 0.1) is 36.4 Å². The molecule has 0 aromatic heterocycles. The normalized spacial score (nSPS) is 24.9. The first kappa shape index (κ1) is 20.5. The van der Waals surface area contributed by atoms with Gasteiger partial charge in [-0.25, -0.2) is 8.42 Å². The van der Waals surface area contributed by atoms with E-state index in [1.807, 2.05) is 24.8 Å². The highest BCUT2D eigenvalue weighted by molar-refractivity contribution is 9.10. The fraction of sp³-hybridized carbons (Fsp3) is 0.529. The molecule has 2 heterocycles. The van der Waals surface area contributed by atoms with Gasteiger partial charge in [0.2, 0.25) is 5.91 Å². The van der Waals surface area contributed by atoms with E-state index in [-0.39, 0.29) is 28.7 Å². The predicted molar refractivity (Wildman–Crippen MR) is 111 cm³/mol. The number of aliphatic imine (C=N–C) groups is 1. The third kappa shape index (κ3) is 4.27. The Balaban J connectivity index is 2.10. The molecule has 0 saturated carbocycles. The Morgan fingerprint density at radius 3 is 2.48 bits per heavy atom. The van der Waals surface area contributed by atoms with Crippen molar-refractivity contribution >= 4 is 54.3 Å². The van der Waals surface area contributed by atoms with Crippen LogP contribution in [0.5, 0.6) is 11.5 Å². The molecule has 2 fully saturated rings. The molecule has 2 aliphatic heterocycles. The van der Waals surface area contributed by atoms with Crippen LogP contribution in [-0.2, 0) is 14.6 Å². The average molecular weight is 477 g/mol. The molecule has 0 bridgehead atoms. The lowest BCUT2D eigenvalue weighted by molar-refractivity contribution is -0.115. The minimum absolute atomic E-state index is 0.0329. The highest BCUT2D eigenvalue weighted by Gasteiger charge is 2.49. The van der Waals surface area contributed by atoms with Gasteiger partial charge in [-0.3, -0.25) is 4.79 Å². The van der Waals surface area contributed by atoms with Gasteiger partial charge in [-0.1, -0.05) is 11.8 Å². The van der Waals surface area contributed by atoms with Crippen molar-refractivity contribution in [3.05, 3.63) is 16.6 Å². The molecule has 7 nitrogen and oxygen atoms in total. The number of benzene rings is 1. The van der Waals surface area contributed by atoms with E-state index in [0.29, 0.717) is 35.6 Å². The van der Waals surface area contributed by atoms with Crippen LogP contribution in [-0.4, -0.2) is 55.5 Å². The number of halogens is 1. The number of carbonyl (C=O) groups is 1. The minimum atomic E-state index is -3.12. The Labute approximate surface area is 171 Å². The molecule has 10 heteroatoms. The highest BCUT2D eigenvalue weighted by Crippen LogP contribution is 2.46. The number of carbonyl (C=O) groups excluding carboxylic acids is 1. The van der Waals surface area contributed by atoms with E-state index >= 15 is 0 Å².